The summed E-state index contributed by atoms with van der Waals surface area (Å²) >= 11 is 3.46. The lowest BCUT2D eigenvalue weighted by Crippen LogP contribution is -2.31. The topological polar surface area (TPSA) is 77.6 Å². The van der Waals surface area contributed by atoms with E-state index in [2.05, 4.69) is 48.5 Å². The number of rotatable bonds is 8. The lowest BCUT2D eigenvalue weighted by molar-refractivity contribution is -0.245. The van der Waals surface area contributed by atoms with E-state index in [9.17, 15) is 5.11 Å². The van der Waals surface area contributed by atoms with Gasteiger partial charge in [0.1, 0.15) is 0 Å². The van der Waals surface area contributed by atoms with Gasteiger partial charge in [-0.05, 0) is 39.9 Å². The van der Waals surface area contributed by atoms with E-state index in [0.717, 1.165) is 55.4 Å². The van der Waals surface area contributed by atoms with Gasteiger partial charge in [0.25, 0.3) is 0 Å². The Morgan fingerprint density at radius 1 is 0.872 bits per heavy atom. The lowest BCUT2D eigenvalue weighted by atomic mass is 9.98. The number of nitrogens with two attached hydrogens (primary N) is 1. The summed E-state index contributed by atoms with van der Waals surface area (Å²) in [6.07, 6.45) is 0.131. The molecular weight excluding hydrogens is 524 g/mol. The molecule has 0 radical (unpaired) electrons. The van der Waals surface area contributed by atoms with Crippen molar-refractivity contribution in [3.63, 3.8) is 0 Å². The minimum atomic E-state index is -0.485. The largest absolute Gasteiger partial charge is 0.392 e. The van der Waals surface area contributed by atoms with Crippen LogP contribution in [0, 0.1) is 0 Å². The number of thiazole rings is 1. The monoisotopic (exact) mass is 554 g/mol. The van der Waals surface area contributed by atoms with Crippen molar-refractivity contribution in [1.29, 1.82) is 0 Å². The maximum absolute atomic E-state index is 9.47. The number of para-hydroxylation sites is 1. The van der Waals surface area contributed by atoms with Gasteiger partial charge < -0.3 is 20.3 Å². The summed E-state index contributed by atoms with van der Waals surface area (Å²) in [5.41, 5.74) is 13.3. The van der Waals surface area contributed by atoms with E-state index in [1.54, 1.807) is 23.1 Å². The molecule has 1 aliphatic heterocycles. The summed E-state index contributed by atoms with van der Waals surface area (Å²) in [4.78, 5) is 4.79. The Morgan fingerprint density at radius 3 is 2.38 bits per heavy atom. The SMILES string of the molecule is NCc1ccccc1-c1ccc(C2OC(CSc3nc4ccccc4s3)CC(c3ccc(CO)cc3)O2)cc1. The zero-order valence-corrected chi connectivity index (χ0v) is 23.0. The van der Waals surface area contributed by atoms with E-state index in [0.29, 0.717) is 6.54 Å². The third-order valence-corrected chi connectivity index (χ3v) is 9.32. The smallest absolute Gasteiger partial charge is 0.184 e. The van der Waals surface area contributed by atoms with E-state index in [-0.39, 0.29) is 18.8 Å². The maximum Gasteiger partial charge on any atom is 0.184 e. The van der Waals surface area contributed by atoms with Gasteiger partial charge in [0.2, 0.25) is 0 Å². The molecule has 7 heteroatoms. The molecule has 0 bridgehead atoms. The molecule has 0 spiro atoms. The third kappa shape index (κ3) is 5.94. The normalized spacial score (nSPS) is 19.4. The number of benzene rings is 4. The molecule has 5 nitrogen and oxygen atoms in total. The number of aliphatic hydroxyl groups excluding tert-OH is 1. The van der Waals surface area contributed by atoms with Crippen molar-refractivity contribution >= 4 is 33.3 Å². The first-order valence-corrected chi connectivity index (χ1v) is 14.9. The van der Waals surface area contributed by atoms with Crippen molar-refractivity contribution in [3.05, 3.63) is 119 Å². The maximum atomic E-state index is 9.47. The van der Waals surface area contributed by atoms with Gasteiger partial charge in [-0.25, -0.2) is 4.98 Å². The van der Waals surface area contributed by atoms with Gasteiger partial charge in [0.15, 0.2) is 10.6 Å². The predicted octanol–water partition coefficient (Wildman–Crippen LogP) is 7.25. The first kappa shape index (κ1) is 26.2. The van der Waals surface area contributed by atoms with Crippen LogP contribution < -0.4 is 5.73 Å². The van der Waals surface area contributed by atoms with Gasteiger partial charge in [-0.15, -0.1) is 11.3 Å². The highest BCUT2D eigenvalue weighted by atomic mass is 32.2. The highest BCUT2D eigenvalue weighted by molar-refractivity contribution is 8.01. The molecular formula is C32H30N2O3S2. The fourth-order valence-electron chi connectivity index (χ4n) is 4.90. The Hall–Kier alpha value is -3.04. The molecule has 6 rings (SSSR count). The Morgan fingerprint density at radius 2 is 1.62 bits per heavy atom. The van der Waals surface area contributed by atoms with Crippen molar-refractivity contribution in [3.8, 4) is 11.1 Å². The third-order valence-electron chi connectivity index (χ3n) is 7.01. The number of hydrogen-bond donors (Lipinski definition) is 2. The second kappa shape index (κ2) is 12.0. The van der Waals surface area contributed by atoms with Crippen LogP contribution >= 0.6 is 23.1 Å². The molecule has 5 aromatic rings. The zero-order valence-electron chi connectivity index (χ0n) is 21.4. The second-order valence-electron chi connectivity index (χ2n) is 9.59. The Labute approximate surface area is 236 Å². The average molecular weight is 555 g/mol. The van der Waals surface area contributed by atoms with E-state index in [4.69, 9.17) is 20.2 Å². The van der Waals surface area contributed by atoms with Crippen LogP contribution in [0.5, 0.6) is 0 Å². The predicted molar refractivity (Wildman–Crippen MR) is 159 cm³/mol. The zero-order chi connectivity index (χ0) is 26.6. The minimum absolute atomic E-state index is 0.0130. The van der Waals surface area contributed by atoms with E-state index < -0.39 is 6.29 Å². The highest BCUT2D eigenvalue weighted by Crippen LogP contribution is 2.40. The second-order valence-corrected chi connectivity index (χ2v) is 11.9. The van der Waals surface area contributed by atoms with Gasteiger partial charge in [-0.3, -0.25) is 0 Å². The standard InChI is InChI=1S/C32H30N2O3S2/c33-18-25-5-1-2-6-27(25)22-13-15-24(16-14-22)31-36-26(17-29(37-31)23-11-9-21(19-35)10-12-23)20-38-32-34-28-7-3-4-8-30(28)39-32/h1-16,26,29,31,35H,17-20,33H2. The number of aromatic nitrogens is 1. The van der Waals surface area contributed by atoms with Gasteiger partial charge >= 0.3 is 0 Å². The summed E-state index contributed by atoms with van der Waals surface area (Å²) in [6.45, 7) is 0.524. The van der Waals surface area contributed by atoms with E-state index in [1.807, 2.05) is 48.5 Å². The van der Waals surface area contributed by atoms with Crippen molar-refractivity contribution in [1.82, 2.24) is 4.98 Å². The molecule has 0 aliphatic carbocycles. The molecule has 1 aromatic heterocycles. The van der Waals surface area contributed by atoms with E-state index in [1.165, 1.54) is 4.70 Å². The lowest BCUT2D eigenvalue weighted by Gasteiger charge is -2.36. The molecule has 1 fully saturated rings. The molecule has 39 heavy (non-hydrogen) atoms. The quantitative estimate of drug-likeness (QED) is 0.197. The average Bonchev–Trinajstić information content (AvgIpc) is 3.43. The van der Waals surface area contributed by atoms with Crippen LogP contribution in [-0.4, -0.2) is 21.9 Å². The number of hydrogen-bond acceptors (Lipinski definition) is 7. The summed E-state index contributed by atoms with van der Waals surface area (Å²) in [7, 11) is 0. The summed E-state index contributed by atoms with van der Waals surface area (Å²) in [5.74, 6) is 0.785. The van der Waals surface area contributed by atoms with Crippen LogP contribution in [0.25, 0.3) is 21.3 Å². The van der Waals surface area contributed by atoms with Gasteiger partial charge in [-0.2, -0.15) is 0 Å². The van der Waals surface area contributed by atoms with Crippen LogP contribution in [0.4, 0.5) is 0 Å². The van der Waals surface area contributed by atoms with Crippen molar-refractivity contribution < 1.29 is 14.6 Å². The molecule has 1 aliphatic rings. The van der Waals surface area contributed by atoms with Crippen molar-refractivity contribution in [2.24, 2.45) is 5.73 Å². The highest BCUT2D eigenvalue weighted by Gasteiger charge is 2.32. The van der Waals surface area contributed by atoms with Gasteiger partial charge in [0, 0.05) is 24.3 Å². The number of nitrogens with zero attached hydrogens (tertiary/aromatic N) is 1. The minimum Gasteiger partial charge on any atom is -0.392 e. The van der Waals surface area contributed by atoms with Crippen molar-refractivity contribution in [2.75, 3.05) is 5.75 Å². The first-order chi connectivity index (χ1) is 19.2. The van der Waals surface area contributed by atoms with Crippen LogP contribution in [-0.2, 0) is 22.6 Å². The fourth-order valence-corrected chi connectivity index (χ4v) is 7.01. The molecule has 1 saturated heterocycles. The molecule has 2 heterocycles. The van der Waals surface area contributed by atoms with Gasteiger partial charge in [-0.1, -0.05) is 96.7 Å². The molecule has 0 amide bonds. The molecule has 3 atom stereocenters. The number of aliphatic hydroxyl groups is 1. The Balaban J connectivity index is 1.23. The van der Waals surface area contributed by atoms with Crippen LogP contribution in [0.1, 0.15) is 41.1 Å². The van der Waals surface area contributed by atoms with Crippen LogP contribution in [0.2, 0.25) is 0 Å². The van der Waals surface area contributed by atoms with Gasteiger partial charge in [0.05, 0.1) is 29.0 Å². The molecule has 0 saturated carbocycles. The molecule has 3 unspecified atom stereocenters. The summed E-state index contributed by atoms with van der Waals surface area (Å²) in [6, 6.07) is 32.9. The first-order valence-electron chi connectivity index (χ1n) is 13.1. The molecule has 198 valence electrons. The number of ether oxygens (including phenoxy) is 2. The Bertz CT molecular complexity index is 1500. The Kier molecular flexibility index (Phi) is 8.06. The van der Waals surface area contributed by atoms with E-state index >= 15 is 0 Å². The summed E-state index contributed by atoms with van der Waals surface area (Å²) < 4.78 is 15.3. The number of thioether (sulfide) groups is 1. The summed E-state index contributed by atoms with van der Waals surface area (Å²) in [5, 5.41) is 9.47. The molecule has 3 N–H and O–H groups in total. The fraction of sp³-hybridized carbons (Fsp3) is 0.219. The molecule has 4 aromatic carbocycles. The van der Waals surface area contributed by atoms with Crippen LogP contribution in [0.15, 0.2) is 101 Å². The number of fused-ring (bicyclic) bond motifs is 1. The van der Waals surface area contributed by atoms with Crippen molar-refractivity contribution in [2.45, 2.75) is 42.4 Å². The van der Waals surface area contributed by atoms with Crippen LogP contribution in [0.3, 0.4) is 0 Å².